The van der Waals surface area contributed by atoms with Gasteiger partial charge in [-0.2, -0.15) is 5.26 Å². The van der Waals surface area contributed by atoms with E-state index < -0.39 is 0 Å². The standard InChI is InChI=1S/C30H16N2O/c31-17-19-13-26-27-14-24-22-11-6-12-32-30(22)21-10-5-4-9-20(21)25(24)16-29(27)33-28(26)15-23(19)18-7-2-1-3-8-18/h1-16H. The van der Waals surface area contributed by atoms with E-state index in [1.807, 2.05) is 54.7 Å². The number of nitrogens with zero attached hydrogens (tertiary/aromatic N) is 2. The largest absolute Gasteiger partial charge is 0.456 e. The van der Waals surface area contributed by atoms with Crippen molar-refractivity contribution in [3.63, 3.8) is 0 Å². The van der Waals surface area contributed by atoms with Crippen LogP contribution in [0.3, 0.4) is 0 Å². The molecule has 0 unspecified atom stereocenters. The molecule has 0 aliphatic rings. The van der Waals surface area contributed by atoms with E-state index in [0.717, 1.165) is 65.5 Å². The summed E-state index contributed by atoms with van der Waals surface area (Å²) in [7, 11) is 0. The van der Waals surface area contributed by atoms with Gasteiger partial charge in [-0.15, -0.1) is 0 Å². The smallest absolute Gasteiger partial charge is 0.136 e. The van der Waals surface area contributed by atoms with Crippen LogP contribution in [0, 0.1) is 11.3 Å². The Bertz CT molecular complexity index is 1930. The third kappa shape index (κ3) is 2.52. The first-order valence-electron chi connectivity index (χ1n) is 10.9. The van der Waals surface area contributed by atoms with Gasteiger partial charge in [0.25, 0.3) is 0 Å². The lowest BCUT2D eigenvalue weighted by Crippen LogP contribution is -1.86. The highest BCUT2D eigenvalue weighted by atomic mass is 16.3. The van der Waals surface area contributed by atoms with E-state index in [4.69, 9.17) is 9.40 Å². The second kappa shape index (κ2) is 6.66. The number of furan rings is 1. The van der Waals surface area contributed by atoms with Gasteiger partial charge in [-0.25, -0.2) is 0 Å². The Morgan fingerprint density at radius 3 is 2.12 bits per heavy atom. The van der Waals surface area contributed by atoms with Crippen LogP contribution in [-0.2, 0) is 0 Å². The van der Waals surface area contributed by atoms with Crippen LogP contribution >= 0.6 is 0 Å². The molecule has 0 amide bonds. The zero-order valence-electron chi connectivity index (χ0n) is 17.5. The molecule has 0 bridgehead atoms. The lowest BCUT2D eigenvalue weighted by molar-refractivity contribution is 0.669. The first kappa shape index (κ1) is 17.9. The van der Waals surface area contributed by atoms with Crippen LogP contribution in [0.15, 0.2) is 102 Å². The van der Waals surface area contributed by atoms with Gasteiger partial charge in [0.2, 0.25) is 0 Å². The molecule has 3 heteroatoms. The van der Waals surface area contributed by atoms with Crippen LogP contribution in [0.1, 0.15) is 5.56 Å². The number of benzene rings is 5. The molecule has 0 aliphatic heterocycles. The Balaban J connectivity index is 1.64. The third-order valence-corrected chi connectivity index (χ3v) is 6.53. The molecule has 0 atom stereocenters. The molecule has 7 rings (SSSR count). The molecule has 0 spiro atoms. The van der Waals surface area contributed by atoms with Gasteiger partial charge in [-0.05, 0) is 52.1 Å². The zero-order chi connectivity index (χ0) is 21.9. The lowest BCUT2D eigenvalue weighted by atomic mass is 9.94. The van der Waals surface area contributed by atoms with Crippen molar-refractivity contribution in [3.05, 3.63) is 103 Å². The molecule has 3 nitrogen and oxygen atoms in total. The monoisotopic (exact) mass is 420 g/mol. The molecule has 0 aliphatic carbocycles. The van der Waals surface area contributed by atoms with Gasteiger partial charge in [0.1, 0.15) is 11.2 Å². The fourth-order valence-corrected chi connectivity index (χ4v) is 5.02. The van der Waals surface area contributed by atoms with Gasteiger partial charge in [0.15, 0.2) is 0 Å². The maximum Gasteiger partial charge on any atom is 0.136 e. The third-order valence-electron chi connectivity index (χ3n) is 6.53. The molecular formula is C30H16N2O. The molecular weight excluding hydrogens is 404 g/mol. The molecule has 0 saturated carbocycles. The fourth-order valence-electron chi connectivity index (χ4n) is 5.02. The first-order chi connectivity index (χ1) is 16.3. The summed E-state index contributed by atoms with van der Waals surface area (Å²) in [5.74, 6) is 0. The van der Waals surface area contributed by atoms with Crippen molar-refractivity contribution in [1.82, 2.24) is 4.98 Å². The Labute approximate surface area is 189 Å². The Morgan fingerprint density at radius 2 is 1.27 bits per heavy atom. The molecule has 2 heterocycles. The lowest BCUT2D eigenvalue weighted by Gasteiger charge is -2.09. The molecule has 5 aromatic carbocycles. The van der Waals surface area contributed by atoms with Crippen molar-refractivity contribution in [3.8, 4) is 17.2 Å². The predicted octanol–water partition coefficient (Wildman–Crippen LogP) is 7.98. The van der Waals surface area contributed by atoms with Gasteiger partial charge in [-0.3, -0.25) is 4.98 Å². The number of pyridine rings is 1. The summed E-state index contributed by atoms with van der Waals surface area (Å²) in [5.41, 5.74) is 5.13. The SMILES string of the molecule is N#Cc1cc2c(cc1-c1ccccc1)oc1cc3c4ccccc4c4ncccc4c3cc12. The number of rotatable bonds is 1. The zero-order valence-corrected chi connectivity index (χ0v) is 17.5. The summed E-state index contributed by atoms with van der Waals surface area (Å²) in [5, 5.41) is 17.5. The van der Waals surface area contributed by atoms with Crippen molar-refractivity contribution in [2.45, 2.75) is 0 Å². The highest BCUT2D eigenvalue weighted by molar-refractivity contribution is 6.27. The van der Waals surface area contributed by atoms with E-state index >= 15 is 0 Å². The molecule has 33 heavy (non-hydrogen) atoms. The van der Waals surface area contributed by atoms with Crippen molar-refractivity contribution in [2.24, 2.45) is 0 Å². The second-order valence-electron chi connectivity index (χ2n) is 8.31. The van der Waals surface area contributed by atoms with Crippen LogP contribution in [-0.4, -0.2) is 4.98 Å². The minimum absolute atomic E-state index is 0.640. The second-order valence-corrected chi connectivity index (χ2v) is 8.31. The number of nitriles is 1. The average molecular weight is 420 g/mol. The van der Waals surface area contributed by atoms with Gasteiger partial charge >= 0.3 is 0 Å². The topological polar surface area (TPSA) is 49.8 Å². The summed E-state index contributed by atoms with van der Waals surface area (Å²) in [6.07, 6.45) is 1.84. The Kier molecular flexibility index (Phi) is 3.62. The number of aromatic nitrogens is 1. The summed E-state index contributed by atoms with van der Waals surface area (Å²) >= 11 is 0. The van der Waals surface area contributed by atoms with Crippen molar-refractivity contribution < 1.29 is 4.42 Å². The minimum atomic E-state index is 0.640. The van der Waals surface area contributed by atoms with Crippen LogP contribution in [0.25, 0.3) is 65.5 Å². The van der Waals surface area contributed by atoms with Crippen molar-refractivity contribution in [2.75, 3.05) is 0 Å². The molecule has 2 aromatic heterocycles. The predicted molar refractivity (Wildman–Crippen MR) is 134 cm³/mol. The van der Waals surface area contributed by atoms with Gasteiger partial charge < -0.3 is 4.42 Å². The highest BCUT2D eigenvalue weighted by Gasteiger charge is 2.16. The highest BCUT2D eigenvalue weighted by Crippen LogP contribution is 2.40. The number of hydrogen-bond donors (Lipinski definition) is 0. The summed E-state index contributed by atoms with van der Waals surface area (Å²) in [6, 6.07) is 33.1. The van der Waals surface area contributed by atoms with Gasteiger partial charge in [0.05, 0.1) is 17.1 Å². The Hall–Kier alpha value is -4.68. The van der Waals surface area contributed by atoms with Crippen LogP contribution < -0.4 is 0 Å². The minimum Gasteiger partial charge on any atom is -0.456 e. The molecule has 0 saturated heterocycles. The first-order valence-corrected chi connectivity index (χ1v) is 10.9. The molecule has 152 valence electrons. The van der Waals surface area contributed by atoms with Gasteiger partial charge in [-0.1, -0.05) is 60.7 Å². The van der Waals surface area contributed by atoms with Crippen LogP contribution in [0.2, 0.25) is 0 Å². The fraction of sp³-hybridized carbons (Fsp3) is 0. The number of fused-ring (bicyclic) bond motifs is 9. The van der Waals surface area contributed by atoms with E-state index in [9.17, 15) is 5.26 Å². The summed E-state index contributed by atoms with van der Waals surface area (Å²) in [4.78, 5) is 4.70. The van der Waals surface area contributed by atoms with Crippen molar-refractivity contribution >= 4 is 54.4 Å². The van der Waals surface area contributed by atoms with Crippen LogP contribution in [0.5, 0.6) is 0 Å². The van der Waals surface area contributed by atoms with E-state index in [1.54, 1.807) is 0 Å². The van der Waals surface area contributed by atoms with Crippen molar-refractivity contribution in [1.29, 1.82) is 5.26 Å². The maximum atomic E-state index is 9.89. The van der Waals surface area contributed by atoms with Gasteiger partial charge in [0, 0.05) is 33.3 Å². The normalized spacial score (nSPS) is 11.6. The Morgan fingerprint density at radius 1 is 0.606 bits per heavy atom. The maximum absolute atomic E-state index is 9.89. The molecule has 7 aromatic rings. The molecule has 0 radical (unpaired) electrons. The summed E-state index contributed by atoms with van der Waals surface area (Å²) < 4.78 is 6.36. The van der Waals surface area contributed by atoms with Crippen LogP contribution in [0.4, 0.5) is 0 Å². The van der Waals surface area contributed by atoms with E-state index in [2.05, 4.69) is 48.5 Å². The van der Waals surface area contributed by atoms with E-state index in [-0.39, 0.29) is 0 Å². The molecule has 0 fully saturated rings. The van der Waals surface area contributed by atoms with E-state index in [1.165, 1.54) is 0 Å². The molecule has 0 N–H and O–H groups in total. The summed E-state index contributed by atoms with van der Waals surface area (Å²) in [6.45, 7) is 0. The quantitative estimate of drug-likeness (QED) is 0.253. The average Bonchev–Trinajstić information content (AvgIpc) is 3.24. The number of hydrogen-bond acceptors (Lipinski definition) is 3. The van der Waals surface area contributed by atoms with E-state index in [0.29, 0.717) is 5.56 Å².